The maximum atomic E-state index is 13.8. The molecule has 1 atom stereocenters. The van der Waals surface area contributed by atoms with Crippen LogP contribution in [0.15, 0.2) is 70.4 Å². The molecule has 0 radical (unpaired) electrons. The summed E-state index contributed by atoms with van der Waals surface area (Å²) in [5, 5.41) is 2.86. The molecular weight excluding hydrogens is 459 g/mol. The first-order valence-corrected chi connectivity index (χ1v) is 11.1. The number of rotatable bonds is 6. The SMILES string of the molecule is CC[C@@H](C(=O)NCc1ccccn1)n1c(=O)n(-c2ccc(F)c(Cl)c2)c(=O)c2cc(C)ccc21. The van der Waals surface area contributed by atoms with Crippen LogP contribution < -0.4 is 16.6 Å². The summed E-state index contributed by atoms with van der Waals surface area (Å²) in [6.45, 7) is 3.79. The van der Waals surface area contributed by atoms with E-state index in [1.54, 1.807) is 43.5 Å². The molecule has 4 rings (SSSR count). The number of nitrogens with one attached hydrogen (secondary N) is 1. The molecule has 7 nitrogen and oxygen atoms in total. The Balaban J connectivity index is 1.89. The zero-order valence-electron chi connectivity index (χ0n) is 18.6. The van der Waals surface area contributed by atoms with Gasteiger partial charge in [-0.15, -0.1) is 0 Å². The van der Waals surface area contributed by atoms with Gasteiger partial charge in [-0.25, -0.2) is 13.8 Å². The molecule has 174 valence electrons. The van der Waals surface area contributed by atoms with Crippen LogP contribution in [0.5, 0.6) is 0 Å². The van der Waals surface area contributed by atoms with E-state index in [2.05, 4.69) is 10.3 Å². The van der Waals surface area contributed by atoms with Crippen LogP contribution in [0.3, 0.4) is 0 Å². The van der Waals surface area contributed by atoms with Gasteiger partial charge < -0.3 is 5.32 Å². The number of halogens is 2. The average molecular weight is 481 g/mol. The van der Waals surface area contributed by atoms with E-state index in [0.29, 0.717) is 17.6 Å². The largest absolute Gasteiger partial charge is 0.349 e. The Kier molecular flexibility index (Phi) is 6.61. The minimum absolute atomic E-state index is 0.113. The topological polar surface area (TPSA) is 86.0 Å². The van der Waals surface area contributed by atoms with Crippen molar-refractivity contribution in [3.8, 4) is 5.69 Å². The fourth-order valence-corrected chi connectivity index (χ4v) is 4.06. The molecule has 0 unspecified atom stereocenters. The number of pyridine rings is 1. The number of nitrogens with zero attached hydrogens (tertiary/aromatic N) is 3. The van der Waals surface area contributed by atoms with Crippen LogP contribution >= 0.6 is 11.6 Å². The molecule has 0 aliphatic rings. The molecule has 1 amide bonds. The minimum Gasteiger partial charge on any atom is -0.349 e. The van der Waals surface area contributed by atoms with E-state index >= 15 is 0 Å². The van der Waals surface area contributed by atoms with Crippen molar-refractivity contribution in [3.63, 3.8) is 0 Å². The van der Waals surface area contributed by atoms with Crippen LogP contribution in [0.2, 0.25) is 5.02 Å². The standard InChI is InChI=1S/C25H22ClFN4O3/c1-3-21(23(32)29-14-16-6-4-5-11-28-16)31-22-10-7-15(2)12-18(22)24(33)30(25(31)34)17-8-9-20(27)19(26)13-17/h4-13,21H,3,14H2,1-2H3,(H,29,32)/t21-/m0/s1. The Hall–Kier alpha value is -3.78. The molecule has 2 heterocycles. The molecule has 2 aromatic carbocycles. The fourth-order valence-electron chi connectivity index (χ4n) is 3.89. The number of benzene rings is 2. The Morgan fingerprint density at radius 2 is 1.94 bits per heavy atom. The number of carbonyl (C=O) groups excluding carboxylic acids is 1. The number of amides is 1. The minimum atomic E-state index is -0.899. The second kappa shape index (κ2) is 9.61. The molecule has 0 saturated heterocycles. The van der Waals surface area contributed by atoms with E-state index in [1.807, 2.05) is 13.0 Å². The lowest BCUT2D eigenvalue weighted by atomic mass is 10.1. The first-order valence-electron chi connectivity index (χ1n) is 10.7. The van der Waals surface area contributed by atoms with Crippen molar-refractivity contribution in [2.24, 2.45) is 0 Å². The molecule has 0 fully saturated rings. The van der Waals surface area contributed by atoms with Crippen LogP contribution in [-0.4, -0.2) is 20.0 Å². The Bertz CT molecular complexity index is 1500. The van der Waals surface area contributed by atoms with Crippen molar-refractivity contribution >= 4 is 28.4 Å². The van der Waals surface area contributed by atoms with Gasteiger partial charge in [0.05, 0.1) is 33.9 Å². The monoisotopic (exact) mass is 480 g/mol. The van der Waals surface area contributed by atoms with Crippen molar-refractivity contribution in [2.45, 2.75) is 32.9 Å². The Labute approximate surface area is 199 Å². The number of hydrogen-bond donors (Lipinski definition) is 1. The lowest BCUT2D eigenvalue weighted by Crippen LogP contribution is -2.44. The summed E-state index contributed by atoms with van der Waals surface area (Å²) in [7, 11) is 0. The number of aryl methyl sites for hydroxylation is 1. The summed E-state index contributed by atoms with van der Waals surface area (Å²) in [4.78, 5) is 44.4. The maximum absolute atomic E-state index is 13.8. The fraction of sp³-hybridized carbons (Fsp3) is 0.200. The quantitative estimate of drug-likeness (QED) is 0.453. The summed E-state index contributed by atoms with van der Waals surface area (Å²) in [5.74, 6) is -1.06. The van der Waals surface area contributed by atoms with E-state index < -0.39 is 23.1 Å². The first kappa shape index (κ1) is 23.4. The molecule has 4 aromatic rings. The van der Waals surface area contributed by atoms with Crippen molar-refractivity contribution in [3.05, 3.63) is 104 Å². The molecule has 34 heavy (non-hydrogen) atoms. The highest BCUT2D eigenvalue weighted by atomic mass is 35.5. The van der Waals surface area contributed by atoms with Gasteiger partial charge in [-0.1, -0.05) is 36.2 Å². The summed E-state index contributed by atoms with van der Waals surface area (Å²) in [5.41, 5.74) is 0.637. The van der Waals surface area contributed by atoms with E-state index in [1.165, 1.54) is 16.7 Å². The van der Waals surface area contributed by atoms with Gasteiger partial charge in [-0.2, -0.15) is 0 Å². The third kappa shape index (κ3) is 4.36. The molecule has 1 N–H and O–H groups in total. The van der Waals surface area contributed by atoms with Crippen LogP contribution in [0, 0.1) is 12.7 Å². The van der Waals surface area contributed by atoms with Crippen LogP contribution in [0.1, 0.15) is 30.6 Å². The smallest absolute Gasteiger partial charge is 0.336 e. The summed E-state index contributed by atoms with van der Waals surface area (Å²) < 4.78 is 16.0. The second-order valence-electron chi connectivity index (χ2n) is 7.88. The van der Waals surface area contributed by atoms with E-state index in [0.717, 1.165) is 16.2 Å². The van der Waals surface area contributed by atoms with Crippen molar-refractivity contribution in [2.75, 3.05) is 0 Å². The van der Waals surface area contributed by atoms with E-state index in [-0.39, 0.29) is 28.5 Å². The molecule has 0 aliphatic carbocycles. The van der Waals surface area contributed by atoms with Gasteiger partial charge >= 0.3 is 5.69 Å². The van der Waals surface area contributed by atoms with Gasteiger partial charge in [0.15, 0.2) is 0 Å². The highest BCUT2D eigenvalue weighted by Gasteiger charge is 2.25. The zero-order valence-corrected chi connectivity index (χ0v) is 19.3. The third-order valence-corrected chi connectivity index (χ3v) is 5.86. The summed E-state index contributed by atoms with van der Waals surface area (Å²) in [6.07, 6.45) is 1.92. The first-order chi connectivity index (χ1) is 16.3. The van der Waals surface area contributed by atoms with E-state index in [9.17, 15) is 18.8 Å². The van der Waals surface area contributed by atoms with Gasteiger partial charge in [0.1, 0.15) is 11.9 Å². The molecule has 9 heteroatoms. The third-order valence-electron chi connectivity index (χ3n) is 5.57. The second-order valence-corrected chi connectivity index (χ2v) is 8.28. The van der Waals surface area contributed by atoms with Gasteiger partial charge in [-0.3, -0.25) is 19.1 Å². The Morgan fingerprint density at radius 1 is 1.15 bits per heavy atom. The lowest BCUT2D eigenvalue weighted by Gasteiger charge is -2.22. The van der Waals surface area contributed by atoms with Crippen molar-refractivity contribution in [1.82, 2.24) is 19.4 Å². The van der Waals surface area contributed by atoms with Crippen molar-refractivity contribution in [1.29, 1.82) is 0 Å². The van der Waals surface area contributed by atoms with Gasteiger partial charge in [-0.05, 0) is 55.8 Å². The highest BCUT2D eigenvalue weighted by Crippen LogP contribution is 2.21. The molecular formula is C25H22ClFN4O3. The normalized spacial score (nSPS) is 12.0. The summed E-state index contributed by atoms with van der Waals surface area (Å²) in [6, 6.07) is 13.2. The summed E-state index contributed by atoms with van der Waals surface area (Å²) >= 11 is 5.92. The number of aromatic nitrogens is 3. The van der Waals surface area contributed by atoms with Gasteiger partial charge in [0.25, 0.3) is 5.56 Å². The molecule has 2 aromatic heterocycles. The van der Waals surface area contributed by atoms with E-state index in [4.69, 9.17) is 11.6 Å². The van der Waals surface area contributed by atoms with Crippen LogP contribution in [-0.2, 0) is 11.3 Å². The zero-order chi connectivity index (χ0) is 24.4. The number of fused-ring (bicyclic) bond motifs is 1. The number of carbonyl (C=O) groups is 1. The molecule has 0 spiro atoms. The van der Waals surface area contributed by atoms with Crippen LogP contribution in [0.4, 0.5) is 4.39 Å². The molecule has 0 aliphatic heterocycles. The van der Waals surface area contributed by atoms with Crippen molar-refractivity contribution < 1.29 is 9.18 Å². The predicted molar refractivity (Wildman–Crippen MR) is 129 cm³/mol. The highest BCUT2D eigenvalue weighted by molar-refractivity contribution is 6.30. The maximum Gasteiger partial charge on any atom is 0.336 e. The Morgan fingerprint density at radius 3 is 2.62 bits per heavy atom. The lowest BCUT2D eigenvalue weighted by molar-refractivity contribution is -0.124. The average Bonchev–Trinajstić information content (AvgIpc) is 2.83. The molecule has 0 bridgehead atoms. The van der Waals surface area contributed by atoms with Crippen LogP contribution in [0.25, 0.3) is 16.6 Å². The predicted octanol–water partition coefficient (Wildman–Crippen LogP) is 3.92. The van der Waals surface area contributed by atoms with Gasteiger partial charge in [0.2, 0.25) is 5.91 Å². The number of hydrogen-bond acceptors (Lipinski definition) is 4. The van der Waals surface area contributed by atoms with Gasteiger partial charge in [0, 0.05) is 6.20 Å². The molecule has 0 saturated carbocycles.